The highest BCUT2D eigenvalue weighted by molar-refractivity contribution is 5.95. The number of hydrogen-bond acceptors (Lipinski definition) is 5. The summed E-state index contributed by atoms with van der Waals surface area (Å²) in [5, 5.41) is 9.83. The molecule has 0 spiro atoms. The summed E-state index contributed by atoms with van der Waals surface area (Å²) in [5.74, 6) is -0.217. The first-order valence-corrected chi connectivity index (χ1v) is 6.09. The normalized spacial score (nSPS) is 10.3. The molecular formula is C15H16N2O3. The van der Waals surface area contributed by atoms with Crippen molar-refractivity contribution in [1.82, 2.24) is 4.98 Å². The minimum absolute atomic E-state index is 0.121. The van der Waals surface area contributed by atoms with Crippen molar-refractivity contribution >= 4 is 11.8 Å². The molecule has 0 aliphatic rings. The first-order chi connectivity index (χ1) is 9.45. The number of carbonyl (C=O) groups is 1. The van der Waals surface area contributed by atoms with Crippen molar-refractivity contribution in [2.24, 2.45) is 0 Å². The fourth-order valence-corrected chi connectivity index (χ4v) is 2.17. The van der Waals surface area contributed by atoms with Crippen molar-refractivity contribution in [3.8, 4) is 16.9 Å². The second kappa shape index (κ2) is 5.21. The smallest absolute Gasteiger partial charge is 0.341 e. The molecule has 5 heteroatoms. The monoisotopic (exact) mass is 272 g/mol. The van der Waals surface area contributed by atoms with E-state index in [1.165, 1.54) is 7.11 Å². The number of aromatic nitrogens is 1. The number of nitrogens with two attached hydrogens (primary N) is 1. The van der Waals surface area contributed by atoms with E-state index in [4.69, 9.17) is 5.73 Å². The van der Waals surface area contributed by atoms with E-state index in [9.17, 15) is 9.90 Å². The van der Waals surface area contributed by atoms with Crippen LogP contribution < -0.4 is 5.73 Å². The lowest BCUT2D eigenvalue weighted by atomic mass is 9.95. The molecule has 0 saturated carbocycles. The van der Waals surface area contributed by atoms with Crippen molar-refractivity contribution in [1.29, 1.82) is 0 Å². The third-order valence-corrected chi connectivity index (χ3v) is 3.26. The van der Waals surface area contributed by atoms with Gasteiger partial charge in [0.05, 0.1) is 7.11 Å². The predicted octanol–water partition coefficient (Wildman–Crippen LogP) is 2.44. The number of nitrogen functional groups attached to an aromatic ring is 1. The number of carbonyl (C=O) groups excluding carboxylic acids is 1. The molecule has 20 heavy (non-hydrogen) atoms. The highest BCUT2D eigenvalue weighted by Gasteiger charge is 2.15. The Hall–Kier alpha value is -2.56. The van der Waals surface area contributed by atoms with Crippen LogP contribution in [0.15, 0.2) is 24.4 Å². The molecule has 0 aliphatic carbocycles. The molecule has 2 aromatic rings. The molecule has 0 amide bonds. The average Bonchev–Trinajstić information content (AvgIpc) is 2.44. The second-order valence-corrected chi connectivity index (χ2v) is 4.55. The molecule has 5 nitrogen and oxygen atoms in total. The first-order valence-electron chi connectivity index (χ1n) is 6.09. The zero-order valence-electron chi connectivity index (χ0n) is 11.6. The second-order valence-electron chi connectivity index (χ2n) is 4.55. The summed E-state index contributed by atoms with van der Waals surface area (Å²) in [4.78, 5) is 15.7. The number of ether oxygens (including phenoxy) is 1. The van der Waals surface area contributed by atoms with Crippen LogP contribution in [0.5, 0.6) is 5.75 Å². The van der Waals surface area contributed by atoms with Gasteiger partial charge in [0.2, 0.25) is 0 Å². The van der Waals surface area contributed by atoms with Crippen LogP contribution in [0, 0.1) is 13.8 Å². The zero-order valence-corrected chi connectivity index (χ0v) is 11.6. The Balaban J connectivity index is 2.66. The lowest BCUT2D eigenvalue weighted by Gasteiger charge is -2.13. The van der Waals surface area contributed by atoms with Crippen LogP contribution in [0.25, 0.3) is 11.1 Å². The fourth-order valence-electron chi connectivity index (χ4n) is 2.17. The summed E-state index contributed by atoms with van der Waals surface area (Å²) in [7, 11) is 1.29. The van der Waals surface area contributed by atoms with E-state index in [1.807, 2.05) is 19.9 Å². The van der Waals surface area contributed by atoms with Gasteiger partial charge in [-0.05, 0) is 42.7 Å². The molecule has 0 bridgehead atoms. The van der Waals surface area contributed by atoms with Gasteiger partial charge in [0.25, 0.3) is 0 Å². The van der Waals surface area contributed by atoms with Gasteiger partial charge < -0.3 is 15.6 Å². The largest absolute Gasteiger partial charge is 0.508 e. The zero-order chi connectivity index (χ0) is 14.9. The number of nitrogens with zero attached hydrogens (tertiary/aromatic N) is 1. The van der Waals surface area contributed by atoms with Gasteiger partial charge in [-0.3, -0.25) is 0 Å². The summed E-state index contributed by atoms with van der Waals surface area (Å²) in [6.07, 6.45) is 1.58. The Morgan fingerprint density at radius 2 is 2.05 bits per heavy atom. The van der Waals surface area contributed by atoms with Crippen molar-refractivity contribution in [2.75, 3.05) is 12.8 Å². The Labute approximate surface area is 117 Å². The van der Waals surface area contributed by atoms with E-state index < -0.39 is 5.97 Å². The number of hydrogen-bond donors (Lipinski definition) is 2. The van der Waals surface area contributed by atoms with Gasteiger partial charge in [-0.15, -0.1) is 0 Å². The summed E-state index contributed by atoms with van der Waals surface area (Å²) in [5.41, 5.74) is 9.16. The lowest BCUT2D eigenvalue weighted by Crippen LogP contribution is -2.07. The average molecular weight is 272 g/mol. The van der Waals surface area contributed by atoms with Gasteiger partial charge in [-0.25, -0.2) is 9.78 Å². The molecule has 0 atom stereocenters. The maximum absolute atomic E-state index is 11.7. The van der Waals surface area contributed by atoms with Gasteiger partial charge in [0.15, 0.2) is 0 Å². The Kier molecular flexibility index (Phi) is 3.61. The topological polar surface area (TPSA) is 85.4 Å². The number of pyridine rings is 1. The minimum atomic E-state index is -0.535. The number of phenolic OH excluding ortho intramolecular Hbond substituents is 1. The van der Waals surface area contributed by atoms with Crippen molar-refractivity contribution < 1.29 is 14.6 Å². The van der Waals surface area contributed by atoms with Crippen LogP contribution in [0.1, 0.15) is 21.5 Å². The maximum Gasteiger partial charge on any atom is 0.341 e. The van der Waals surface area contributed by atoms with Gasteiger partial charge in [0.1, 0.15) is 17.1 Å². The third kappa shape index (κ3) is 2.30. The highest BCUT2D eigenvalue weighted by atomic mass is 16.5. The number of benzene rings is 1. The summed E-state index contributed by atoms with van der Waals surface area (Å²) in [6.45, 7) is 3.74. The lowest BCUT2D eigenvalue weighted by molar-refractivity contribution is 0.0601. The van der Waals surface area contributed by atoms with Crippen LogP contribution in [-0.4, -0.2) is 23.2 Å². The summed E-state index contributed by atoms with van der Waals surface area (Å²) >= 11 is 0. The molecule has 1 aromatic heterocycles. The number of anilines is 1. The molecule has 2 rings (SSSR count). The van der Waals surface area contributed by atoms with Crippen molar-refractivity contribution in [3.63, 3.8) is 0 Å². The molecule has 0 unspecified atom stereocenters. The number of rotatable bonds is 2. The van der Waals surface area contributed by atoms with E-state index in [0.29, 0.717) is 5.56 Å². The quantitative estimate of drug-likeness (QED) is 0.820. The molecular weight excluding hydrogens is 256 g/mol. The number of esters is 1. The van der Waals surface area contributed by atoms with E-state index in [0.717, 1.165) is 16.7 Å². The molecule has 104 valence electrons. The van der Waals surface area contributed by atoms with E-state index in [1.54, 1.807) is 18.3 Å². The molecule has 1 aromatic carbocycles. The predicted molar refractivity (Wildman–Crippen MR) is 76.6 cm³/mol. The standard InChI is InChI=1S/C15H16N2O3/c1-8-4-5-12(18)9(2)13(8)10-6-11(15(19)20-3)14(16)17-7-10/h4-7,18H,1-3H3,(H2,16,17). The number of aromatic hydroxyl groups is 1. The summed E-state index contributed by atoms with van der Waals surface area (Å²) < 4.78 is 4.68. The Morgan fingerprint density at radius 1 is 1.35 bits per heavy atom. The maximum atomic E-state index is 11.7. The Morgan fingerprint density at radius 3 is 2.70 bits per heavy atom. The van der Waals surface area contributed by atoms with Crippen LogP contribution in [-0.2, 0) is 4.74 Å². The molecule has 1 heterocycles. The SMILES string of the molecule is COC(=O)c1cc(-c2c(C)ccc(O)c2C)cnc1N. The van der Waals surface area contributed by atoms with Crippen molar-refractivity contribution in [3.05, 3.63) is 41.1 Å². The van der Waals surface area contributed by atoms with Gasteiger partial charge in [0, 0.05) is 11.8 Å². The molecule has 0 saturated heterocycles. The van der Waals surface area contributed by atoms with Crippen LogP contribution in [0.4, 0.5) is 5.82 Å². The number of aryl methyl sites for hydroxylation is 1. The van der Waals surface area contributed by atoms with E-state index >= 15 is 0 Å². The highest BCUT2D eigenvalue weighted by Crippen LogP contribution is 2.33. The third-order valence-electron chi connectivity index (χ3n) is 3.26. The summed E-state index contributed by atoms with van der Waals surface area (Å²) in [6, 6.07) is 5.08. The van der Waals surface area contributed by atoms with Gasteiger partial charge >= 0.3 is 5.97 Å². The van der Waals surface area contributed by atoms with Crippen LogP contribution in [0.3, 0.4) is 0 Å². The molecule has 0 aliphatic heterocycles. The van der Waals surface area contributed by atoms with Crippen molar-refractivity contribution in [2.45, 2.75) is 13.8 Å². The Bertz CT molecular complexity index is 681. The number of phenols is 1. The van der Waals surface area contributed by atoms with E-state index in [-0.39, 0.29) is 17.1 Å². The van der Waals surface area contributed by atoms with Crippen LogP contribution >= 0.6 is 0 Å². The molecule has 0 fully saturated rings. The molecule has 0 radical (unpaired) electrons. The van der Waals surface area contributed by atoms with Crippen LogP contribution in [0.2, 0.25) is 0 Å². The minimum Gasteiger partial charge on any atom is -0.508 e. The van der Waals surface area contributed by atoms with Gasteiger partial charge in [-0.2, -0.15) is 0 Å². The fraction of sp³-hybridized carbons (Fsp3) is 0.200. The van der Waals surface area contributed by atoms with E-state index in [2.05, 4.69) is 9.72 Å². The van der Waals surface area contributed by atoms with Gasteiger partial charge in [-0.1, -0.05) is 6.07 Å². The first kappa shape index (κ1) is 13.9. The molecule has 3 N–H and O–H groups in total. The number of methoxy groups -OCH3 is 1.